The highest BCUT2D eigenvalue weighted by Gasteiger charge is 2.32. The molecule has 192 valence electrons. The van der Waals surface area contributed by atoms with Crippen LogP contribution >= 0.6 is 0 Å². The van der Waals surface area contributed by atoms with Crippen LogP contribution in [0.3, 0.4) is 0 Å². The van der Waals surface area contributed by atoms with E-state index in [1.165, 1.54) is 17.5 Å². The van der Waals surface area contributed by atoms with Crippen molar-refractivity contribution in [2.45, 2.75) is 6.04 Å². The smallest absolute Gasteiger partial charge is 0.353 e. The summed E-state index contributed by atoms with van der Waals surface area (Å²) in [6.45, 7) is 2.79. The van der Waals surface area contributed by atoms with E-state index in [1.54, 1.807) is 18.2 Å². The number of anilines is 3. The quantitative estimate of drug-likeness (QED) is 0.278. The Morgan fingerprint density at radius 3 is 2.16 bits per heavy atom. The van der Waals surface area contributed by atoms with E-state index in [1.807, 2.05) is 17.0 Å². The molecule has 1 fully saturated rings. The van der Waals surface area contributed by atoms with E-state index < -0.39 is 4.92 Å². The van der Waals surface area contributed by atoms with Gasteiger partial charge in [-0.15, -0.1) is 0 Å². The molecule has 0 saturated carbocycles. The number of benzene rings is 3. The summed E-state index contributed by atoms with van der Waals surface area (Å²) in [5.74, 6) is 1.65. The number of fused-ring (bicyclic) bond motifs is 1. The third-order valence-electron chi connectivity index (χ3n) is 6.83. The zero-order chi connectivity index (χ0) is 25.9. The summed E-state index contributed by atoms with van der Waals surface area (Å²) in [5, 5.41) is 15.3. The zero-order valence-electron chi connectivity index (χ0n) is 20.6. The van der Waals surface area contributed by atoms with Gasteiger partial charge in [0.2, 0.25) is 18.4 Å². The van der Waals surface area contributed by atoms with Gasteiger partial charge in [0.05, 0.1) is 11.0 Å². The molecule has 0 aliphatic carbocycles. The minimum Gasteiger partial charge on any atom is -0.454 e. The minimum absolute atomic E-state index is 0.100. The van der Waals surface area contributed by atoms with Gasteiger partial charge in [0.15, 0.2) is 11.5 Å². The van der Waals surface area contributed by atoms with Crippen molar-refractivity contribution in [2.24, 2.45) is 0 Å². The van der Waals surface area contributed by atoms with Crippen molar-refractivity contribution < 1.29 is 14.4 Å². The molecule has 2 aliphatic heterocycles. The number of nitro groups is 1. The van der Waals surface area contributed by atoms with Crippen molar-refractivity contribution in [3.05, 3.63) is 106 Å². The molecule has 0 atom stereocenters. The highest BCUT2D eigenvalue weighted by Crippen LogP contribution is 2.38. The van der Waals surface area contributed by atoms with Crippen LogP contribution in [0.2, 0.25) is 0 Å². The number of hydrogen-bond donors (Lipinski definition) is 1. The van der Waals surface area contributed by atoms with Crippen LogP contribution < -0.4 is 19.7 Å². The maximum Gasteiger partial charge on any atom is 0.353 e. The number of rotatable bonds is 7. The average molecular weight is 511 g/mol. The van der Waals surface area contributed by atoms with Gasteiger partial charge in [-0.1, -0.05) is 60.7 Å². The fraction of sp³-hybridized carbons (Fsp3) is 0.214. The standard InChI is InChI=1S/C28H26N6O4/c35-34(36)26-27(31-22-11-12-23-24(17-22)38-19-37-23)29-18-30-28(26)33-15-13-32(14-16-33)25(20-7-3-1-4-8-20)21-9-5-2-6-10-21/h1-12,17-18,25H,13-16,19H2,(H,29,30,31). The molecule has 1 N–H and O–H groups in total. The molecule has 1 aromatic heterocycles. The fourth-order valence-corrected chi connectivity index (χ4v) is 5.05. The molecule has 0 spiro atoms. The number of ether oxygens (including phenoxy) is 2. The Kier molecular flexibility index (Phi) is 6.45. The molecule has 0 radical (unpaired) electrons. The van der Waals surface area contributed by atoms with E-state index in [9.17, 15) is 10.1 Å². The second-order valence-corrected chi connectivity index (χ2v) is 9.09. The molecule has 3 aromatic carbocycles. The summed E-state index contributed by atoms with van der Waals surface area (Å²) in [5.41, 5.74) is 2.90. The van der Waals surface area contributed by atoms with Gasteiger partial charge in [-0.3, -0.25) is 15.0 Å². The molecule has 10 heteroatoms. The number of piperazine rings is 1. The molecular weight excluding hydrogens is 484 g/mol. The number of aromatic nitrogens is 2. The molecule has 0 unspecified atom stereocenters. The Hall–Kier alpha value is -4.70. The first-order chi connectivity index (χ1) is 18.7. The summed E-state index contributed by atoms with van der Waals surface area (Å²) in [4.78, 5) is 24.7. The zero-order valence-corrected chi connectivity index (χ0v) is 20.6. The van der Waals surface area contributed by atoms with Crippen LogP contribution in [0.25, 0.3) is 0 Å². The maximum atomic E-state index is 12.2. The van der Waals surface area contributed by atoms with E-state index in [4.69, 9.17) is 9.47 Å². The third kappa shape index (κ3) is 4.69. The van der Waals surface area contributed by atoms with Crippen LogP contribution in [-0.4, -0.2) is 52.8 Å². The van der Waals surface area contributed by atoms with Gasteiger partial charge in [0.1, 0.15) is 6.33 Å². The summed E-state index contributed by atoms with van der Waals surface area (Å²) < 4.78 is 10.8. The second-order valence-electron chi connectivity index (χ2n) is 9.09. The first-order valence-corrected chi connectivity index (χ1v) is 12.4. The predicted octanol–water partition coefficient (Wildman–Crippen LogP) is 4.77. The molecule has 1 saturated heterocycles. The first-order valence-electron chi connectivity index (χ1n) is 12.4. The lowest BCUT2D eigenvalue weighted by molar-refractivity contribution is -0.383. The molecule has 4 aromatic rings. The summed E-state index contributed by atoms with van der Waals surface area (Å²) in [7, 11) is 0. The van der Waals surface area contributed by atoms with Gasteiger partial charge in [-0.2, -0.15) is 0 Å². The van der Waals surface area contributed by atoms with E-state index in [-0.39, 0.29) is 24.3 Å². The van der Waals surface area contributed by atoms with E-state index in [0.29, 0.717) is 36.1 Å². The third-order valence-corrected chi connectivity index (χ3v) is 6.83. The van der Waals surface area contributed by atoms with Crippen LogP contribution in [0.5, 0.6) is 11.5 Å². The average Bonchev–Trinajstić information content (AvgIpc) is 3.43. The normalized spacial score (nSPS) is 15.0. The predicted molar refractivity (Wildman–Crippen MR) is 143 cm³/mol. The van der Waals surface area contributed by atoms with Crippen LogP contribution in [-0.2, 0) is 0 Å². The molecule has 2 aliphatic rings. The minimum atomic E-state index is -0.423. The lowest BCUT2D eigenvalue weighted by Gasteiger charge is -2.40. The van der Waals surface area contributed by atoms with Crippen molar-refractivity contribution in [1.82, 2.24) is 14.9 Å². The lowest BCUT2D eigenvalue weighted by Crippen LogP contribution is -2.48. The summed E-state index contributed by atoms with van der Waals surface area (Å²) in [6.07, 6.45) is 1.36. The molecular formula is C28H26N6O4. The first kappa shape index (κ1) is 23.7. The van der Waals surface area contributed by atoms with Gasteiger partial charge < -0.3 is 19.7 Å². The Balaban J connectivity index is 1.24. The topological polar surface area (TPSA) is 106 Å². The van der Waals surface area contributed by atoms with Crippen molar-refractivity contribution in [2.75, 3.05) is 43.2 Å². The Bertz CT molecular complexity index is 1390. The second kappa shape index (κ2) is 10.3. The van der Waals surface area contributed by atoms with Gasteiger partial charge >= 0.3 is 5.69 Å². The van der Waals surface area contributed by atoms with Gasteiger partial charge in [0, 0.05) is 37.9 Å². The van der Waals surface area contributed by atoms with Gasteiger partial charge in [0.25, 0.3) is 0 Å². The van der Waals surface area contributed by atoms with Crippen molar-refractivity contribution in [3.63, 3.8) is 0 Å². The lowest BCUT2D eigenvalue weighted by atomic mass is 9.96. The van der Waals surface area contributed by atoms with Crippen molar-refractivity contribution in [3.8, 4) is 11.5 Å². The number of nitrogens with zero attached hydrogens (tertiary/aromatic N) is 5. The number of hydrogen-bond acceptors (Lipinski definition) is 9. The van der Waals surface area contributed by atoms with Crippen LogP contribution in [0.1, 0.15) is 17.2 Å². The van der Waals surface area contributed by atoms with Crippen LogP contribution in [0, 0.1) is 10.1 Å². The molecule has 0 bridgehead atoms. The SMILES string of the molecule is O=[N+]([O-])c1c(Nc2ccc3c(c2)OCO3)ncnc1N1CCN(C(c2ccccc2)c2ccccc2)CC1. The largest absolute Gasteiger partial charge is 0.454 e. The molecule has 3 heterocycles. The maximum absolute atomic E-state index is 12.2. The van der Waals surface area contributed by atoms with E-state index >= 15 is 0 Å². The van der Waals surface area contributed by atoms with Gasteiger partial charge in [-0.05, 0) is 23.3 Å². The summed E-state index contributed by atoms with van der Waals surface area (Å²) in [6, 6.07) is 26.2. The van der Waals surface area contributed by atoms with Crippen LogP contribution in [0.4, 0.5) is 23.0 Å². The molecule has 6 rings (SSSR count). The van der Waals surface area contributed by atoms with Crippen molar-refractivity contribution in [1.29, 1.82) is 0 Å². The Labute approximate surface area is 219 Å². The van der Waals surface area contributed by atoms with E-state index in [2.05, 4.69) is 68.7 Å². The summed E-state index contributed by atoms with van der Waals surface area (Å²) >= 11 is 0. The molecule has 0 amide bonds. The van der Waals surface area contributed by atoms with Gasteiger partial charge in [-0.25, -0.2) is 9.97 Å². The highest BCUT2D eigenvalue weighted by molar-refractivity contribution is 5.75. The number of nitrogens with one attached hydrogen (secondary N) is 1. The van der Waals surface area contributed by atoms with Crippen LogP contribution in [0.15, 0.2) is 85.2 Å². The Morgan fingerprint density at radius 1 is 0.842 bits per heavy atom. The Morgan fingerprint density at radius 2 is 1.50 bits per heavy atom. The van der Waals surface area contributed by atoms with E-state index in [0.717, 1.165) is 13.1 Å². The molecule has 10 nitrogen and oxygen atoms in total. The highest BCUT2D eigenvalue weighted by atomic mass is 16.7. The fourth-order valence-electron chi connectivity index (χ4n) is 5.05. The monoisotopic (exact) mass is 510 g/mol. The van der Waals surface area contributed by atoms with Crippen molar-refractivity contribution >= 4 is 23.0 Å². The molecule has 38 heavy (non-hydrogen) atoms.